The van der Waals surface area contributed by atoms with Gasteiger partial charge in [0, 0.05) is 26.2 Å². The lowest BCUT2D eigenvalue weighted by Gasteiger charge is -2.36. The van der Waals surface area contributed by atoms with Gasteiger partial charge in [-0.2, -0.15) is 13.2 Å². The van der Waals surface area contributed by atoms with Crippen LogP contribution in [0.2, 0.25) is 5.02 Å². The number of hydrogen-bond acceptors (Lipinski definition) is 3. The molecule has 1 aliphatic heterocycles. The Morgan fingerprint density at radius 2 is 1.55 bits per heavy atom. The van der Waals surface area contributed by atoms with E-state index in [9.17, 15) is 26.3 Å². The predicted molar refractivity (Wildman–Crippen MR) is 95.9 cm³/mol. The van der Waals surface area contributed by atoms with E-state index in [4.69, 9.17) is 11.6 Å². The van der Waals surface area contributed by atoms with E-state index in [1.54, 1.807) is 0 Å². The van der Waals surface area contributed by atoms with Crippen molar-refractivity contribution >= 4 is 11.6 Å². The van der Waals surface area contributed by atoms with Crippen molar-refractivity contribution in [2.75, 3.05) is 26.2 Å². The molecular formula is C19H17ClF6N2O. The summed E-state index contributed by atoms with van der Waals surface area (Å²) in [6.45, 7) is 2.33. The molecule has 0 radical (unpaired) electrons. The minimum atomic E-state index is -4.83. The van der Waals surface area contributed by atoms with Gasteiger partial charge in [0.25, 0.3) is 0 Å². The van der Waals surface area contributed by atoms with Crippen LogP contribution in [0.15, 0.2) is 42.5 Å². The molecule has 1 atom stereocenters. The minimum absolute atomic E-state index is 0.243. The van der Waals surface area contributed by atoms with Crippen LogP contribution >= 0.6 is 11.6 Å². The first kappa shape index (κ1) is 21.7. The molecule has 0 aromatic heterocycles. The van der Waals surface area contributed by atoms with Gasteiger partial charge in [-0.05, 0) is 29.3 Å². The summed E-state index contributed by atoms with van der Waals surface area (Å²) in [7, 11) is 0. The van der Waals surface area contributed by atoms with Crippen LogP contribution in [-0.4, -0.2) is 37.4 Å². The fraction of sp³-hybridized carbons (Fsp3) is 0.368. The molecule has 0 bridgehead atoms. The molecule has 1 saturated heterocycles. The van der Waals surface area contributed by atoms with Gasteiger partial charge in [0.1, 0.15) is 5.75 Å². The molecule has 3 nitrogen and oxygen atoms in total. The highest BCUT2D eigenvalue weighted by atomic mass is 35.5. The summed E-state index contributed by atoms with van der Waals surface area (Å²) in [5.41, 5.74) is -0.190. The number of rotatable bonds is 4. The molecule has 0 amide bonds. The lowest BCUT2D eigenvalue weighted by Crippen LogP contribution is -2.45. The second-order valence-corrected chi connectivity index (χ2v) is 6.89. The molecule has 1 aliphatic rings. The van der Waals surface area contributed by atoms with Crippen LogP contribution < -0.4 is 10.1 Å². The van der Waals surface area contributed by atoms with Gasteiger partial charge in [-0.3, -0.25) is 4.90 Å². The Morgan fingerprint density at radius 1 is 0.931 bits per heavy atom. The molecule has 0 unspecified atom stereocenters. The van der Waals surface area contributed by atoms with Crippen molar-refractivity contribution in [1.82, 2.24) is 10.2 Å². The van der Waals surface area contributed by atoms with Crippen molar-refractivity contribution in [2.24, 2.45) is 0 Å². The van der Waals surface area contributed by atoms with E-state index in [0.29, 0.717) is 31.7 Å². The number of nitrogens with one attached hydrogen (secondary N) is 1. The second-order valence-electron chi connectivity index (χ2n) is 6.51. The van der Waals surface area contributed by atoms with Crippen molar-refractivity contribution < 1.29 is 31.1 Å². The molecule has 0 spiro atoms. The second kappa shape index (κ2) is 8.41. The normalized spacial score (nSPS) is 17.2. The van der Waals surface area contributed by atoms with Gasteiger partial charge in [-0.15, -0.1) is 13.2 Å². The van der Waals surface area contributed by atoms with Gasteiger partial charge in [-0.1, -0.05) is 35.9 Å². The van der Waals surface area contributed by atoms with Crippen molar-refractivity contribution in [1.29, 1.82) is 0 Å². The third-order valence-electron chi connectivity index (χ3n) is 4.57. The van der Waals surface area contributed by atoms with Crippen molar-refractivity contribution in [2.45, 2.75) is 18.6 Å². The fourth-order valence-corrected chi connectivity index (χ4v) is 3.70. The maximum Gasteiger partial charge on any atom is 0.573 e. The molecule has 1 heterocycles. The van der Waals surface area contributed by atoms with Gasteiger partial charge in [0.15, 0.2) is 0 Å². The highest BCUT2D eigenvalue weighted by Gasteiger charge is 2.36. The van der Waals surface area contributed by atoms with E-state index >= 15 is 0 Å². The molecule has 1 fully saturated rings. The third-order valence-corrected chi connectivity index (χ3v) is 5.00. The number of alkyl halides is 6. The Morgan fingerprint density at radius 3 is 2.10 bits per heavy atom. The zero-order valence-corrected chi connectivity index (χ0v) is 15.7. The zero-order valence-electron chi connectivity index (χ0n) is 14.9. The molecule has 3 rings (SSSR count). The van der Waals surface area contributed by atoms with Crippen molar-refractivity contribution in [3.05, 3.63) is 64.2 Å². The maximum absolute atomic E-state index is 13.3. The Kier molecular flexibility index (Phi) is 6.30. The first-order chi connectivity index (χ1) is 13.6. The van der Waals surface area contributed by atoms with Gasteiger partial charge < -0.3 is 10.1 Å². The monoisotopic (exact) mass is 438 g/mol. The first-order valence-corrected chi connectivity index (χ1v) is 9.10. The molecule has 2 aromatic carbocycles. The fourth-order valence-electron chi connectivity index (χ4n) is 3.36. The summed E-state index contributed by atoms with van der Waals surface area (Å²) < 4.78 is 81.0. The molecular weight excluding hydrogens is 422 g/mol. The Labute approximate surface area is 168 Å². The zero-order chi connectivity index (χ0) is 21.2. The molecule has 0 saturated carbocycles. The van der Waals surface area contributed by atoms with Crippen LogP contribution in [-0.2, 0) is 6.18 Å². The quantitative estimate of drug-likeness (QED) is 0.660. The van der Waals surface area contributed by atoms with E-state index in [1.807, 2.05) is 4.90 Å². The van der Waals surface area contributed by atoms with Crippen LogP contribution in [0.4, 0.5) is 26.3 Å². The van der Waals surface area contributed by atoms with Crippen LogP contribution in [0, 0.1) is 0 Å². The lowest BCUT2D eigenvalue weighted by molar-refractivity contribution is -0.274. The highest BCUT2D eigenvalue weighted by Crippen LogP contribution is 2.41. The van der Waals surface area contributed by atoms with Crippen LogP contribution in [0.5, 0.6) is 5.75 Å². The smallest absolute Gasteiger partial charge is 0.406 e. The summed E-state index contributed by atoms with van der Waals surface area (Å²) in [5.74, 6) is -0.407. The minimum Gasteiger partial charge on any atom is -0.406 e. The molecule has 158 valence electrons. The standard InChI is InChI=1S/C19H17ClF6N2O/c20-16-14(2-1-3-15(16)18(21,22)23)17(28-10-8-27-9-11-28)12-4-6-13(7-5-12)29-19(24,25)26/h1-7,17,27H,8-11H2/t17-/m0/s1. The van der Waals surface area contributed by atoms with Gasteiger partial charge in [0.05, 0.1) is 16.6 Å². The third kappa shape index (κ3) is 5.34. The molecule has 10 heteroatoms. The van der Waals surface area contributed by atoms with Crippen LogP contribution in [0.1, 0.15) is 22.7 Å². The number of nitrogens with zero attached hydrogens (tertiary/aromatic N) is 1. The molecule has 2 aromatic rings. The number of piperazine rings is 1. The van der Waals surface area contributed by atoms with E-state index in [0.717, 1.165) is 18.2 Å². The van der Waals surface area contributed by atoms with Crippen molar-refractivity contribution in [3.8, 4) is 5.75 Å². The summed E-state index contributed by atoms with van der Waals surface area (Å²) in [6, 6.07) is 8.13. The van der Waals surface area contributed by atoms with E-state index in [2.05, 4.69) is 10.1 Å². The molecule has 29 heavy (non-hydrogen) atoms. The topological polar surface area (TPSA) is 24.5 Å². The molecule has 1 N–H and O–H groups in total. The summed E-state index contributed by atoms with van der Waals surface area (Å²) in [4.78, 5) is 1.94. The number of benzene rings is 2. The Bertz CT molecular complexity index is 832. The highest BCUT2D eigenvalue weighted by molar-refractivity contribution is 6.32. The average Bonchev–Trinajstić information content (AvgIpc) is 2.63. The van der Waals surface area contributed by atoms with Crippen LogP contribution in [0.25, 0.3) is 0 Å². The summed E-state index contributed by atoms with van der Waals surface area (Å²) >= 11 is 6.14. The SMILES string of the molecule is FC(F)(F)Oc1ccc([C@@H](c2cccc(C(F)(F)F)c2Cl)N2CCNCC2)cc1. The summed E-state index contributed by atoms with van der Waals surface area (Å²) in [6.07, 6.45) is -9.45. The number of hydrogen-bond donors (Lipinski definition) is 1. The van der Waals surface area contributed by atoms with E-state index < -0.39 is 34.9 Å². The summed E-state index contributed by atoms with van der Waals surface area (Å²) in [5, 5.41) is 2.74. The van der Waals surface area contributed by atoms with E-state index in [1.165, 1.54) is 24.3 Å². The van der Waals surface area contributed by atoms with Crippen LogP contribution in [0.3, 0.4) is 0 Å². The largest absolute Gasteiger partial charge is 0.573 e. The Hall–Kier alpha value is -1.97. The number of ether oxygens (including phenoxy) is 1. The molecule has 0 aliphatic carbocycles. The maximum atomic E-state index is 13.3. The van der Waals surface area contributed by atoms with E-state index in [-0.39, 0.29) is 5.56 Å². The first-order valence-electron chi connectivity index (χ1n) is 8.72. The van der Waals surface area contributed by atoms with Crippen molar-refractivity contribution in [3.63, 3.8) is 0 Å². The van der Waals surface area contributed by atoms with Gasteiger partial charge in [0.2, 0.25) is 0 Å². The number of halogens is 7. The predicted octanol–water partition coefficient (Wildman–Crippen LogP) is 5.25. The lowest BCUT2D eigenvalue weighted by atomic mass is 9.94. The van der Waals surface area contributed by atoms with Gasteiger partial charge in [-0.25, -0.2) is 0 Å². The van der Waals surface area contributed by atoms with Gasteiger partial charge >= 0.3 is 12.5 Å². The average molecular weight is 439 g/mol. The Balaban J connectivity index is 2.03.